The number of rotatable bonds is 7. The quantitative estimate of drug-likeness (QED) is 0.179. The van der Waals surface area contributed by atoms with E-state index >= 15 is 0 Å². The molecule has 0 fully saturated rings. The molecule has 0 saturated heterocycles. The van der Waals surface area contributed by atoms with Crippen LogP contribution in [0, 0.1) is 0 Å². The summed E-state index contributed by atoms with van der Waals surface area (Å²) in [5, 5.41) is 18.4. The molecule has 0 aromatic heterocycles. The van der Waals surface area contributed by atoms with Crippen molar-refractivity contribution in [3.8, 4) is 0 Å². The van der Waals surface area contributed by atoms with Crippen LogP contribution in [0.25, 0.3) is 6.08 Å². The van der Waals surface area contributed by atoms with Crippen molar-refractivity contribution < 1.29 is 43.8 Å². The van der Waals surface area contributed by atoms with Crippen LogP contribution in [0.2, 0.25) is 0 Å². The number of nitrogens with zero attached hydrogens (tertiary/aromatic N) is 2. The number of carboxylic acid groups (broad SMARTS) is 2. The lowest BCUT2D eigenvalue weighted by Gasteiger charge is -2.14. The molecule has 0 saturated carbocycles. The number of aromatic carboxylic acids is 2. The molecule has 11 heteroatoms. The van der Waals surface area contributed by atoms with Crippen molar-refractivity contribution in [1.29, 1.82) is 0 Å². The minimum atomic E-state index is -1.22. The van der Waals surface area contributed by atoms with Gasteiger partial charge < -0.3 is 10.2 Å². The fourth-order valence-corrected chi connectivity index (χ4v) is 4.99. The highest BCUT2D eigenvalue weighted by atomic mass is 16.4. The average molecular weight is 587 g/mol. The van der Waals surface area contributed by atoms with Crippen LogP contribution in [0.1, 0.15) is 78.1 Å². The summed E-state index contributed by atoms with van der Waals surface area (Å²) in [7, 11) is 0. The molecule has 214 valence electrons. The number of allylic oxidation sites excluding steroid dienone is 1. The van der Waals surface area contributed by atoms with Gasteiger partial charge in [-0.15, -0.1) is 0 Å². The van der Waals surface area contributed by atoms with Gasteiger partial charge in [0.25, 0.3) is 23.6 Å². The molecule has 2 aliphatic heterocycles. The first kappa shape index (κ1) is 27.7. The van der Waals surface area contributed by atoms with Gasteiger partial charge in [-0.1, -0.05) is 18.2 Å². The molecule has 0 bridgehead atoms. The number of carboxylic acids is 2. The van der Waals surface area contributed by atoms with Gasteiger partial charge in [-0.05, 0) is 84.4 Å². The van der Waals surface area contributed by atoms with E-state index < -0.39 is 35.6 Å². The van der Waals surface area contributed by atoms with E-state index in [1.54, 1.807) is 12.1 Å². The van der Waals surface area contributed by atoms with Crippen molar-refractivity contribution in [1.82, 2.24) is 0 Å². The number of hydrogen-bond donors (Lipinski definition) is 2. The number of imide groups is 2. The Kier molecular flexibility index (Phi) is 6.54. The summed E-state index contributed by atoms with van der Waals surface area (Å²) in [5.74, 6) is -5.29. The van der Waals surface area contributed by atoms with Crippen LogP contribution >= 0.6 is 0 Å². The summed E-state index contributed by atoms with van der Waals surface area (Å²) in [4.78, 5) is 88.6. The molecule has 0 unspecified atom stereocenters. The Labute approximate surface area is 247 Å². The lowest BCUT2D eigenvalue weighted by atomic mass is 10.1. The van der Waals surface area contributed by atoms with Crippen molar-refractivity contribution in [2.45, 2.75) is 0 Å². The van der Waals surface area contributed by atoms with E-state index in [-0.39, 0.29) is 56.1 Å². The van der Waals surface area contributed by atoms with E-state index in [0.717, 1.165) is 15.9 Å². The van der Waals surface area contributed by atoms with E-state index in [4.69, 9.17) is 0 Å². The number of carbonyl (C=O) groups is 7. The van der Waals surface area contributed by atoms with Crippen LogP contribution in [0.15, 0.2) is 91.0 Å². The van der Waals surface area contributed by atoms with Gasteiger partial charge in [0.05, 0.1) is 44.8 Å². The fraction of sp³-hybridized carbons (Fsp3) is 0. The van der Waals surface area contributed by atoms with Crippen LogP contribution in [-0.2, 0) is 0 Å². The summed E-state index contributed by atoms with van der Waals surface area (Å²) < 4.78 is 0. The first-order valence-corrected chi connectivity index (χ1v) is 13.0. The number of benzene rings is 4. The van der Waals surface area contributed by atoms with Gasteiger partial charge in [-0.2, -0.15) is 0 Å². The molecular weight excluding hydrogens is 568 g/mol. The number of ketones is 1. The van der Waals surface area contributed by atoms with Gasteiger partial charge in [0.2, 0.25) is 0 Å². The highest BCUT2D eigenvalue weighted by Crippen LogP contribution is 2.31. The maximum absolute atomic E-state index is 12.9. The van der Waals surface area contributed by atoms with Crippen LogP contribution in [0.3, 0.4) is 0 Å². The zero-order chi connectivity index (χ0) is 31.3. The fourth-order valence-electron chi connectivity index (χ4n) is 4.99. The molecule has 44 heavy (non-hydrogen) atoms. The first-order valence-electron chi connectivity index (χ1n) is 13.0. The third kappa shape index (κ3) is 4.54. The lowest BCUT2D eigenvalue weighted by Crippen LogP contribution is -2.29. The van der Waals surface area contributed by atoms with Crippen molar-refractivity contribution in [3.05, 3.63) is 136 Å². The van der Waals surface area contributed by atoms with Crippen molar-refractivity contribution in [2.75, 3.05) is 9.80 Å². The van der Waals surface area contributed by atoms with Crippen LogP contribution in [0.4, 0.5) is 11.4 Å². The first-order chi connectivity index (χ1) is 21.0. The molecule has 0 atom stereocenters. The Hall–Kier alpha value is -6.49. The number of amides is 4. The number of fused-ring (bicyclic) bond motifs is 2. The van der Waals surface area contributed by atoms with E-state index in [2.05, 4.69) is 0 Å². The lowest BCUT2D eigenvalue weighted by molar-refractivity contribution is 0.0686. The monoisotopic (exact) mass is 586 g/mol. The molecule has 0 spiro atoms. The smallest absolute Gasteiger partial charge is 0.335 e. The van der Waals surface area contributed by atoms with Crippen LogP contribution in [-0.4, -0.2) is 51.6 Å². The third-order valence-corrected chi connectivity index (χ3v) is 7.26. The minimum absolute atomic E-state index is 0.00538. The Bertz CT molecular complexity index is 2010. The second-order valence-electron chi connectivity index (χ2n) is 9.86. The molecule has 2 N–H and O–H groups in total. The van der Waals surface area contributed by atoms with Gasteiger partial charge >= 0.3 is 11.9 Å². The SMILES string of the molecule is O=C(O)c1ccc2c(c1)C(=O)N(c1ccc(C=CC(=O)c3ccc(N4C(=O)c5ccc(C(=O)O)cc5C4=O)cc3)cc1)C2=O. The third-order valence-electron chi connectivity index (χ3n) is 7.26. The minimum Gasteiger partial charge on any atom is -0.478 e. The Balaban J connectivity index is 1.14. The van der Waals surface area contributed by atoms with E-state index in [1.807, 2.05) is 0 Å². The average Bonchev–Trinajstić information content (AvgIpc) is 3.43. The predicted octanol–water partition coefficient (Wildman–Crippen LogP) is 4.58. The zero-order valence-electron chi connectivity index (χ0n) is 22.4. The summed E-state index contributed by atoms with van der Waals surface area (Å²) in [6.45, 7) is 0. The van der Waals surface area contributed by atoms with E-state index in [0.29, 0.717) is 5.56 Å². The Morgan fingerprint density at radius 3 is 1.32 bits per heavy atom. The molecule has 4 aromatic carbocycles. The van der Waals surface area contributed by atoms with Gasteiger partial charge in [0, 0.05) is 5.56 Å². The van der Waals surface area contributed by atoms with Gasteiger partial charge in [-0.25, -0.2) is 19.4 Å². The Morgan fingerprint density at radius 2 is 0.886 bits per heavy atom. The van der Waals surface area contributed by atoms with Crippen molar-refractivity contribution in [2.24, 2.45) is 0 Å². The van der Waals surface area contributed by atoms with Crippen molar-refractivity contribution in [3.63, 3.8) is 0 Å². The standard InChI is InChI=1S/C33H18N2O9/c36-27(18-4-10-22(11-5-18)35-29(38)24-13-7-20(33(43)44)16-26(24)31(35)40)14-3-17-1-8-21(9-2-17)34-28(37)23-12-6-19(32(41)42)15-25(23)30(34)39/h1-16H,(H,41,42)(H,43,44). The normalized spacial score (nSPS) is 13.9. The second kappa shape index (κ2) is 10.4. The number of anilines is 2. The molecule has 2 heterocycles. The second-order valence-corrected chi connectivity index (χ2v) is 9.86. The molecular formula is C33H18N2O9. The van der Waals surface area contributed by atoms with Gasteiger partial charge in [-0.3, -0.25) is 24.0 Å². The molecule has 4 aromatic rings. The van der Waals surface area contributed by atoms with Crippen LogP contribution in [0.5, 0.6) is 0 Å². The topological polar surface area (TPSA) is 166 Å². The maximum Gasteiger partial charge on any atom is 0.335 e. The van der Waals surface area contributed by atoms with Gasteiger partial charge in [0.15, 0.2) is 5.78 Å². The molecule has 4 amide bonds. The molecule has 2 aliphatic rings. The summed E-state index contributed by atoms with van der Waals surface area (Å²) in [6, 6.07) is 19.5. The molecule has 11 nitrogen and oxygen atoms in total. The summed E-state index contributed by atoms with van der Waals surface area (Å²) >= 11 is 0. The summed E-state index contributed by atoms with van der Waals surface area (Å²) in [5.41, 5.74) is 1.33. The number of hydrogen-bond acceptors (Lipinski definition) is 7. The zero-order valence-corrected chi connectivity index (χ0v) is 22.4. The Morgan fingerprint density at radius 1 is 0.500 bits per heavy atom. The molecule has 6 rings (SSSR count). The summed E-state index contributed by atoms with van der Waals surface area (Å²) in [6.07, 6.45) is 2.85. The number of carbonyl (C=O) groups excluding carboxylic acids is 5. The van der Waals surface area contributed by atoms with Gasteiger partial charge in [0.1, 0.15) is 0 Å². The molecule has 0 radical (unpaired) electrons. The van der Waals surface area contributed by atoms with Crippen LogP contribution < -0.4 is 9.80 Å². The highest BCUT2D eigenvalue weighted by molar-refractivity contribution is 6.35. The molecule has 0 aliphatic carbocycles. The maximum atomic E-state index is 12.9. The van der Waals surface area contributed by atoms with E-state index in [9.17, 15) is 43.8 Å². The predicted molar refractivity (Wildman–Crippen MR) is 155 cm³/mol. The largest absolute Gasteiger partial charge is 0.478 e. The van der Waals surface area contributed by atoms with E-state index in [1.165, 1.54) is 78.9 Å². The highest BCUT2D eigenvalue weighted by Gasteiger charge is 2.38. The van der Waals surface area contributed by atoms with Crippen molar-refractivity contribution >= 4 is 58.8 Å².